The highest BCUT2D eigenvalue weighted by Crippen LogP contribution is 2.23. The molecule has 4 aromatic rings. The standard InChI is InChI=1S/C22H18FN3O3S/c1-14-10-19(7-8-20(14)23)30(28,29)18-5-2-15(3-6-18)4-9-21(27)16-11-17-13-25-26-22(17)24-12-16/h2-3,5-8,10-13H,4,9H2,1H3,(H,24,25,26). The van der Waals surface area contributed by atoms with Gasteiger partial charge in [-0.2, -0.15) is 5.10 Å². The molecule has 30 heavy (non-hydrogen) atoms. The number of aryl methyl sites for hydroxylation is 2. The van der Waals surface area contributed by atoms with Crippen molar-refractivity contribution in [2.75, 3.05) is 0 Å². The van der Waals surface area contributed by atoms with Crippen LogP contribution in [0.25, 0.3) is 11.0 Å². The van der Waals surface area contributed by atoms with Crippen LogP contribution in [-0.2, 0) is 16.3 Å². The number of nitrogens with zero attached hydrogens (tertiary/aromatic N) is 2. The minimum atomic E-state index is -3.74. The predicted molar refractivity (Wildman–Crippen MR) is 110 cm³/mol. The molecule has 0 aliphatic rings. The van der Waals surface area contributed by atoms with Crippen molar-refractivity contribution in [3.05, 3.63) is 83.4 Å². The number of halogens is 1. The number of ketones is 1. The van der Waals surface area contributed by atoms with Crippen molar-refractivity contribution < 1.29 is 17.6 Å². The number of pyridine rings is 1. The topological polar surface area (TPSA) is 92.8 Å². The van der Waals surface area contributed by atoms with Crippen LogP contribution in [0.1, 0.15) is 27.9 Å². The Morgan fingerprint density at radius 3 is 2.50 bits per heavy atom. The number of hydrogen-bond donors (Lipinski definition) is 1. The number of nitrogens with one attached hydrogen (secondary N) is 1. The van der Waals surface area contributed by atoms with Gasteiger partial charge in [-0.25, -0.2) is 17.8 Å². The SMILES string of the molecule is Cc1cc(S(=O)(=O)c2ccc(CCC(=O)c3cnc4[nH]ncc4c3)cc2)ccc1F. The fourth-order valence-corrected chi connectivity index (χ4v) is 4.49. The van der Waals surface area contributed by atoms with Crippen LogP contribution in [0.4, 0.5) is 4.39 Å². The van der Waals surface area contributed by atoms with E-state index in [2.05, 4.69) is 15.2 Å². The Morgan fingerprint density at radius 1 is 1.03 bits per heavy atom. The Labute approximate surface area is 172 Å². The van der Waals surface area contributed by atoms with Gasteiger partial charge in [-0.15, -0.1) is 0 Å². The van der Waals surface area contributed by atoms with Gasteiger partial charge in [0.25, 0.3) is 0 Å². The number of carbonyl (C=O) groups is 1. The number of sulfone groups is 1. The number of H-pyrrole nitrogens is 1. The van der Waals surface area contributed by atoms with Crippen LogP contribution in [-0.4, -0.2) is 29.4 Å². The van der Waals surface area contributed by atoms with E-state index in [1.54, 1.807) is 24.4 Å². The quantitative estimate of drug-likeness (QED) is 0.373. The minimum Gasteiger partial charge on any atom is -0.294 e. The molecule has 152 valence electrons. The number of benzene rings is 2. The average Bonchev–Trinajstić information content (AvgIpc) is 3.22. The lowest BCUT2D eigenvalue weighted by Gasteiger charge is -2.08. The van der Waals surface area contributed by atoms with Crippen LogP contribution in [0.5, 0.6) is 0 Å². The fraction of sp³-hybridized carbons (Fsp3) is 0.136. The van der Waals surface area contributed by atoms with Gasteiger partial charge in [-0.05, 0) is 60.9 Å². The largest absolute Gasteiger partial charge is 0.294 e. The van der Waals surface area contributed by atoms with Gasteiger partial charge in [0.1, 0.15) is 5.82 Å². The van der Waals surface area contributed by atoms with Gasteiger partial charge in [0.2, 0.25) is 9.84 Å². The van der Waals surface area contributed by atoms with Gasteiger partial charge in [-0.1, -0.05) is 12.1 Å². The summed E-state index contributed by atoms with van der Waals surface area (Å²) in [6.07, 6.45) is 3.87. The van der Waals surface area contributed by atoms with Crippen molar-refractivity contribution in [2.45, 2.75) is 29.6 Å². The summed E-state index contributed by atoms with van der Waals surface area (Å²) in [5.74, 6) is -0.500. The second-order valence-corrected chi connectivity index (χ2v) is 8.96. The first-order chi connectivity index (χ1) is 14.3. The molecule has 2 heterocycles. The van der Waals surface area contributed by atoms with Crippen LogP contribution in [0.3, 0.4) is 0 Å². The second kappa shape index (κ2) is 7.79. The molecule has 0 aliphatic heterocycles. The summed E-state index contributed by atoms with van der Waals surface area (Å²) in [6, 6.07) is 11.9. The maximum atomic E-state index is 13.4. The highest BCUT2D eigenvalue weighted by Gasteiger charge is 2.18. The molecule has 0 radical (unpaired) electrons. The van der Waals surface area contributed by atoms with Crippen molar-refractivity contribution >= 4 is 26.7 Å². The Kier molecular flexibility index (Phi) is 5.17. The second-order valence-electron chi connectivity index (χ2n) is 7.01. The molecule has 0 saturated carbocycles. The number of Topliss-reactive ketones (excluding diaryl/α,β-unsaturated/α-hetero) is 1. The van der Waals surface area contributed by atoms with E-state index in [9.17, 15) is 17.6 Å². The van der Waals surface area contributed by atoms with Crippen molar-refractivity contribution in [1.82, 2.24) is 15.2 Å². The summed E-state index contributed by atoms with van der Waals surface area (Å²) in [7, 11) is -3.74. The van der Waals surface area contributed by atoms with Crippen molar-refractivity contribution in [3.63, 3.8) is 0 Å². The van der Waals surface area contributed by atoms with Gasteiger partial charge >= 0.3 is 0 Å². The Balaban J connectivity index is 1.46. The molecule has 0 bridgehead atoms. The lowest BCUT2D eigenvalue weighted by molar-refractivity contribution is 0.0982. The first-order valence-corrected chi connectivity index (χ1v) is 10.8. The summed E-state index contributed by atoms with van der Waals surface area (Å²) in [5.41, 5.74) is 2.25. The Bertz CT molecular complexity index is 1350. The number of fused-ring (bicyclic) bond motifs is 1. The zero-order valence-corrected chi connectivity index (χ0v) is 16.9. The molecule has 8 heteroatoms. The maximum Gasteiger partial charge on any atom is 0.206 e. The van der Waals surface area contributed by atoms with Gasteiger partial charge in [0, 0.05) is 23.6 Å². The van der Waals surface area contributed by atoms with Gasteiger partial charge in [-0.3, -0.25) is 9.89 Å². The molecule has 0 spiro atoms. The van der Waals surface area contributed by atoms with Gasteiger partial charge in [0.15, 0.2) is 11.4 Å². The molecule has 4 rings (SSSR count). The molecule has 2 aromatic heterocycles. The van der Waals surface area contributed by atoms with Crippen LogP contribution in [0.15, 0.2) is 70.7 Å². The number of aromatic amines is 1. The van der Waals surface area contributed by atoms with Crippen LogP contribution < -0.4 is 0 Å². The van der Waals surface area contributed by atoms with Gasteiger partial charge < -0.3 is 0 Å². The molecule has 0 aliphatic carbocycles. The van der Waals surface area contributed by atoms with E-state index < -0.39 is 15.7 Å². The molecule has 2 aromatic carbocycles. The maximum absolute atomic E-state index is 13.4. The molecule has 0 atom stereocenters. The molecular weight excluding hydrogens is 405 g/mol. The first-order valence-electron chi connectivity index (χ1n) is 9.27. The smallest absolute Gasteiger partial charge is 0.206 e. The zero-order valence-electron chi connectivity index (χ0n) is 16.1. The molecule has 0 fully saturated rings. The number of rotatable bonds is 6. The number of hydrogen-bond acceptors (Lipinski definition) is 5. The van der Waals surface area contributed by atoms with E-state index >= 15 is 0 Å². The lowest BCUT2D eigenvalue weighted by atomic mass is 10.0. The third-order valence-electron chi connectivity index (χ3n) is 4.93. The summed E-state index contributed by atoms with van der Waals surface area (Å²) in [5, 5.41) is 7.40. The molecule has 0 unspecified atom stereocenters. The minimum absolute atomic E-state index is 0.0477. The fourth-order valence-electron chi connectivity index (χ4n) is 3.15. The van der Waals surface area contributed by atoms with E-state index in [4.69, 9.17) is 0 Å². The summed E-state index contributed by atoms with van der Waals surface area (Å²) in [6.45, 7) is 1.52. The number of carbonyl (C=O) groups excluding carboxylic acids is 1. The van der Waals surface area contributed by atoms with E-state index in [-0.39, 0.29) is 27.6 Å². The normalized spacial score (nSPS) is 11.7. The van der Waals surface area contributed by atoms with E-state index in [1.807, 2.05) is 0 Å². The van der Waals surface area contributed by atoms with Crippen molar-refractivity contribution in [3.8, 4) is 0 Å². The van der Waals surface area contributed by atoms with Crippen molar-refractivity contribution in [2.24, 2.45) is 0 Å². The third-order valence-corrected chi connectivity index (χ3v) is 6.69. The van der Waals surface area contributed by atoms with E-state index in [1.165, 1.54) is 37.4 Å². The first kappa shape index (κ1) is 19.9. The monoisotopic (exact) mass is 423 g/mol. The Hall–Kier alpha value is -3.39. The lowest BCUT2D eigenvalue weighted by Crippen LogP contribution is -2.04. The highest BCUT2D eigenvalue weighted by molar-refractivity contribution is 7.91. The van der Waals surface area contributed by atoms with Gasteiger partial charge in [0.05, 0.1) is 16.0 Å². The summed E-state index contributed by atoms with van der Waals surface area (Å²) >= 11 is 0. The summed E-state index contributed by atoms with van der Waals surface area (Å²) in [4.78, 5) is 16.8. The molecule has 0 saturated heterocycles. The molecular formula is C22H18FN3O3S. The summed E-state index contributed by atoms with van der Waals surface area (Å²) < 4.78 is 39.0. The van der Waals surface area contributed by atoms with Crippen molar-refractivity contribution in [1.29, 1.82) is 0 Å². The van der Waals surface area contributed by atoms with Crippen LogP contribution >= 0.6 is 0 Å². The van der Waals surface area contributed by atoms with E-state index in [0.717, 1.165) is 17.0 Å². The molecule has 6 nitrogen and oxygen atoms in total. The number of aromatic nitrogens is 3. The zero-order chi connectivity index (χ0) is 21.3. The molecule has 1 N–H and O–H groups in total. The predicted octanol–water partition coefficient (Wildman–Crippen LogP) is 4.05. The highest BCUT2D eigenvalue weighted by atomic mass is 32.2. The third kappa shape index (κ3) is 3.86. The van der Waals surface area contributed by atoms with E-state index in [0.29, 0.717) is 17.6 Å². The average molecular weight is 423 g/mol. The Morgan fingerprint density at radius 2 is 1.77 bits per heavy atom. The van der Waals surface area contributed by atoms with Crippen LogP contribution in [0, 0.1) is 12.7 Å². The van der Waals surface area contributed by atoms with Crippen LogP contribution in [0.2, 0.25) is 0 Å². The molecule has 0 amide bonds.